The Kier molecular flexibility index (Phi) is 4.95. The van der Waals surface area contributed by atoms with Gasteiger partial charge in [0.05, 0.1) is 11.6 Å². The van der Waals surface area contributed by atoms with Crippen LogP contribution in [0.4, 0.5) is 0 Å². The normalized spacial score (nSPS) is 16.7. The van der Waals surface area contributed by atoms with E-state index in [0.717, 1.165) is 12.3 Å². The second kappa shape index (κ2) is 7.30. The maximum atomic E-state index is 8.80. The molecular weight excluding hydrogens is 284 g/mol. The minimum atomic E-state index is 0.490. The van der Waals surface area contributed by atoms with E-state index in [1.54, 1.807) is 12.1 Å². The van der Waals surface area contributed by atoms with Gasteiger partial charge in [0.2, 0.25) is 0 Å². The Morgan fingerprint density at radius 3 is 2.74 bits per heavy atom. The maximum Gasteiger partial charge on any atom is 0.119 e. The van der Waals surface area contributed by atoms with Crippen molar-refractivity contribution in [3.8, 4) is 11.8 Å². The molecule has 23 heavy (non-hydrogen) atoms. The molecule has 3 rings (SSSR count). The summed E-state index contributed by atoms with van der Waals surface area (Å²) in [5.41, 5.74) is 3.62. The van der Waals surface area contributed by atoms with Gasteiger partial charge in [-0.05, 0) is 61.7 Å². The van der Waals surface area contributed by atoms with Gasteiger partial charge in [0.15, 0.2) is 0 Å². The van der Waals surface area contributed by atoms with Crippen molar-refractivity contribution in [1.29, 1.82) is 5.26 Å². The van der Waals surface area contributed by atoms with Crippen molar-refractivity contribution in [3.05, 3.63) is 65.2 Å². The van der Waals surface area contributed by atoms with Crippen molar-refractivity contribution in [2.75, 3.05) is 20.2 Å². The highest BCUT2D eigenvalue weighted by Gasteiger charge is 2.23. The lowest BCUT2D eigenvalue weighted by atomic mass is 9.87. The molecule has 0 radical (unpaired) electrons. The summed E-state index contributed by atoms with van der Waals surface area (Å²) in [5.74, 6) is 0.821. The van der Waals surface area contributed by atoms with Crippen LogP contribution in [0.2, 0.25) is 0 Å². The minimum absolute atomic E-state index is 0.490. The van der Waals surface area contributed by atoms with Gasteiger partial charge in [-0.2, -0.15) is 5.26 Å². The molecule has 2 aromatic carbocycles. The van der Waals surface area contributed by atoms with E-state index >= 15 is 0 Å². The van der Waals surface area contributed by atoms with Gasteiger partial charge in [-0.1, -0.05) is 24.3 Å². The van der Waals surface area contributed by atoms with Crippen molar-refractivity contribution in [1.82, 2.24) is 4.90 Å². The average molecular weight is 306 g/mol. The first-order chi connectivity index (χ1) is 11.3. The van der Waals surface area contributed by atoms with Crippen molar-refractivity contribution in [2.45, 2.75) is 25.3 Å². The van der Waals surface area contributed by atoms with Gasteiger partial charge in [-0.15, -0.1) is 0 Å². The van der Waals surface area contributed by atoms with Crippen LogP contribution in [0.1, 0.15) is 35.6 Å². The van der Waals surface area contributed by atoms with Gasteiger partial charge in [-0.3, -0.25) is 4.90 Å². The summed E-state index contributed by atoms with van der Waals surface area (Å²) in [4.78, 5) is 2.39. The summed E-state index contributed by atoms with van der Waals surface area (Å²) < 4.78 is 5.80. The number of benzene rings is 2. The largest absolute Gasteiger partial charge is 0.492 e. The number of nitrogens with zero attached hydrogens (tertiary/aromatic N) is 2. The van der Waals surface area contributed by atoms with Crippen molar-refractivity contribution < 1.29 is 4.74 Å². The third-order valence-corrected chi connectivity index (χ3v) is 4.57. The summed E-state index contributed by atoms with van der Waals surface area (Å²) in [7, 11) is 2.18. The molecule has 0 N–H and O–H groups in total. The molecule has 0 aliphatic heterocycles. The predicted molar refractivity (Wildman–Crippen MR) is 91.4 cm³/mol. The van der Waals surface area contributed by atoms with E-state index in [1.165, 1.54) is 30.4 Å². The summed E-state index contributed by atoms with van der Waals surface area (Å²) in [6.45, 7) is 1.54. The Bertz CT molecular complexity index is 688. The van der Waals surface area contributed by atoms with Crippen LogP contribution in [-0.4, -0.2) is 25.1 Å². The smallest absolute Gasteiger partial charge is 0.119 e. The molecule has 0 unspecified atom stereocenters. The molecule has 0 spiro atoms. The van der Waals surface area contributed by atoms with Gasteiger partial charge >= 0.3 is 0 Å². The Labute approximate surface area is 138 Å². The van der Waals surface area contributed by atoms with Gasteiger partial charge in [0, 0.05) is 12.6 Å². The van der Waals surface area contributed by atoms with Crippen LogP contribution in [0.5, 0.6) is 5.75 Å². The number of hydrogen-bond acceptors (Lipinski definition) is 3. The number of fused-ring (bicyclic) bond motifs is 1. The van der Waals surface area contributed by atoms with Crippen LogP contribution in [0.15, 0.2) is 48.5 Å². The zero-order valence-electron chi connectivity index (χ0n) is 13.5. The first-order valence-corrected chi connectivity index (χ1v) is 8.19. The molecule has 0 saturated heterocycles. The molecule has 0 heterocycles. The fourth-order valence-corrected chi connectivity index (χ4v) is 3.28. The zero-order chi connectivity index (χ0) is 16.1. The highest BCUT2D eigenvalue weighted by molar-refractivity contribution is 5.34. The van der Waals surface area contributed by atoms with Crippen LogP contribution in [-0.2, 0) is 6.42 Å². The number of aryl methyl sites for hydroxylation is 1. The molecule has 118 valence electrons. The van der Waals surface area contributed by atoms with E-state index in [-0.39, 0.29) is 0 Å². The van der Waals surface area contributed by atoms with E-state index in [4.69, 9.17) is 10.00 Å². The van der Waals surface area contributed by atoms with Gasteiger partial charge in [-0.25, -0.2) is 0 Å². The van der Waals surface area contributed by atoms with Crippen molar-refractivity contribution >= 4 is 0 Å². The van der Waals surface area contributed by atoms with Gasteiger partial charge < -0.3 is 4.74 Å². The molecule has 1 atom stereocenters. The summed E-state index contributed by atoms with van der Waals surface area (Å²) in [6, 6.07) is 18.7. The monoisotopic (exact) mass is 306 g/mol. The van der Waals surface area contributed by atoms with Crippen LogP contribution in [0.3, 0.4) is 0 Å². The lowest BCUT2D eigenvalue weighted by molar-refractivity contribution is 0.178. The standard InChI is InChI=1S/C20H22N2O/c1-22(13-14-23-18-11-9-16(15-21)10-12-18)20-8-4-6-17-5-2-3-7-19(17)20/h2-3,5,7,9-12,20H,4,6,8,13-14H2,1H3/t20-/m0/s1. The molecule has 3 nitrogen and oxygen atoms in total. The molecule has 3 heteroatoms. The van der Waals surface area contributed by atoms with Gasteiger partial charge in [0.1, 0.15) is 12.4 Å². The number of ether oxygens (including phenoxy) is 1. The van der Waals surface area contributed by atoms with E-state index in [9.17, 15) is 0 Å². The van der Waals surface area contributed by atoms with Crippen molar-refractivity contribution in [3.63, 3.8) is 0 Å². The average Bonchev–Trinajstić information content (AvgIpc) is 2.61. The van der Waals surface area contributed by atoms with Crippen molar-refractivity contribution in [2.24, 2.45) is 0 Å². The summed E-state index contributed by atoms with van der Waals surface area (Å²) in [6.07, 6.45) is 3.66. The molecule has 1 aliphatic carbocycles. The second-order valence-electron chi connectivity index (χ2n) is 6.07. The minimum Gasteiger partial charge on any atom is -0.492 e. The van der Waals surface area contributed by atoms with Crippen LogP contribution < -0.4 is 4.74 Å². The summed E-state index contributed by atoms with van der Waals surface area (Å²) >= 11 is 0. The lowest BCUT2D eigenvalue weighted by Gasteiger charge is -2.33. The molecule has 0 saturated carbocycles. The first kappa shape index (κ1) is 15.6. The molecule has 2 aromatic rings. The van der Waals surface area contributed by atoms with E-state index < -0.39 is 0 Å². The Morgan fingerprint density at radius 1 is 1.17 bits per heavy atom. The SMILES string of the molecule is CN(CCOc1ccc(C#N)cc1)[C@H]1CCCc2ccccc21. The molecular formula is C20H22N2O. The molecule has 0 amide bonds. The number of rotatable bonds is 5. The third kappa shape index (κ3) is 3.72. The lowest BCUT2D eigenvalue weighted by Crippen LogP contribution is -2.31. The zero-order valence-corrected chi connectivity index (χ0v) is 13.5. The summed E-state index contributed by atoms with van der Waals surface area (Å²) in [5, 5.41) is 8.80. The highest BCUT2D eigenvalue weighted by atomic mass is 16.5. The fraction of sp³-hybridized carbons (Fsp3) is 0.350. The number of nitriles is 1. The maximum absolute atomic E-state index is 8.80. The van der Waals surface area contributed by atoms with Crippen LogP contribution in [0.25, 0.3) is 0 Å². The van der Waals surface area contributed by atoms with Crippen LogP contribution >= 0.6 is 0 Å². The molecule has 1 aliphatic rings. The molecule has 0 aromatic heterocycles. The quantitative estimate of drug-likeness (QED) is 0.839. The van der Waals surface area contributed by atoms with Gasteiger partial charge in [0.25, 0.3) is 0 Å². The van der Waals surface area contributed by atoms with E-state index in [1.807, 2.05) is 12.1 Å². The Balaban J connectivity index is 1.55. The fourth-order valence-electron chi connectivity index (χ4n) is 3.28. The molecule has 0 bridgehead atoms. The predicted octanol–water partition coefficient (Wildman–Crippen LogP) is 3.95. The first-order valence-electron chi connectivity index (χ1n) is 8.19. The third-order valence-electron chi connectivity index (χ3n) is 4.57. The van der Waals surface area contributed by atoms with E-state index in [0.29, 0.717) is 18.2 Å². The Morgan fingerprint density at radius 2 is 1.96 bits per heavy atom. The van der Waals surface area contributed by atoms with Crippen LogP contribution in [0, 0.1) is 11.3 Å². The van der Waals surface area contributed by atoms with E-state index in [2.05, 4.69) is 42.3 Å². The Hall–Kier alpha value is -2.31. The number of likely N-dealkylation sites (N-methyl/N-ethyl adjacent to an activating group) is 1. The highest BCUT2D eigenvalue weighted by Crippen LogP contribution is 2.33. The second-order valence-corrected chi connectivity index (χ2v) is 6.07. The number of hydrogen-bond donors (Lipinski definition) is 0. The topological polar surface area (TPSA) is 36.3 Å². The molecule has 0 fully saturated rings.